The molecule has 0 saturated heterocycles. The summed E-state index contributed by atoms with van der Waals surface area (Å²) in [5.74, 6) is 1.48. The van der Waals surface area contributed by atoms with Crippen LogP contribution in [0, 0.1) is 0 Å². The molecular weight excluding hydrogens is 322 g/mol. The number of nitrogens with two attached hydrogens (primary N) is 1. The number of ether oxygens (including phenoxy) is 2. The molecule has 2 aromatic rings. The van der Waals surface area contributed by atoms with Crippen LogP contribution in [0.5, 0.6) is 5.75 Å². The van der Waals surface area contributed by atoms with Gasteiger partial charge in [0.1, 0.15) is 11.4 Å². The number of carbonyl (C=O) groups is 1. The topological polar surface area (TPSA) is 103 Å². The number of nitrogen functional groups attached to an aromatic ring is 1. The lowest BCUT2D eigenvalue weighted by Gasteiger charge is -2.21. The van der Waals surface area contributed by atoms with Crippen LogP contribution < -0.4 is 20.7 Å². The number of nitrogens with zero attached hydrogens (tertiary/aromatic N) is 3. The standard InChI is InChI=1S/C17H23N5O3/c1-4-22(11-12-6-8-13(24-3)9-7-12)16-19-10-14(15(18)21-16)20-17(23)25-5-2/h6-10H,4-5,11H2,1-3H3,(H,20,23)(H2,18,19,21). The van der Waals surface area contributed by atoms with Crippen LogP contribution in [0.25, 0.3) is 0 Å². The zero-order chi connectivity index (χ0) is 18.2. The van der Waals surface area contributed by atoms with Gasteiger partial charge in [0, 0.05) is 13.1 Å². The van der Waals surface area contributed by atoms with Crippen LogP contribution in [0.2, 0.25) is 0 Å². The number of hydrogen-bond acceptors (Lipinski definition) is 7. The molecule has 0 spiro atoms. The van der Waals surface area contributed by atoms with Gasteiger partial charge in [-0.25, -0.2) is 9.78 Å². The highest BCUT2D eigenvalue weighted by Crippen LogP contribution is 2.20. The first-order valence-corrected chi connectivity index (χ1v) is 8.01. The Hall–Kier alpha value is -3.03. The molecule has 2 rings (SSSR count). The molecule has 25 heavy (non-hydrogen) atoms. The van der Waals surface area contributed by atoms with Crippen LogP contribution in [-0.2, 0) is 11.3 Å². The smallest absolute Gasteiger partial charge is 0.411 e. The van der Waals surface area contributed by atoms with Gasteiger partial charge in [0.25, 0.3) is 0 Å². The number of anilines is 3. The van der Waals surface area contributed by atoms with Crippen LogP contribution in [0.15, 0.2) is 30.5 Å². The van der Waals surface area contributed by atoms with Crippen molar-refractivity contribution in [2.75, 3.05) is 36.2 Å². The lowest BCUT2D eigenvalue weighted by atomic mass is 10.2. The van der Waals surface area contributed by atoms with Crippen molar-refractivity contribution in [1.82, 2.24) is 9.97 Å². The van der Waals surface area contributed by atoms with E-state index < -0.39 is 6.09 Å². The molecule has 0 aliphatic carbocycles. The number of aromatic nitrogens is 2. The monoisotopic (exact) mass is 345 g/mol. The van der Waals surface area contributed by atoms with Crippen LogP contribution in [0.4, 0.5) is 22.2 Å². The summed E-state index contributed by atoms with van der Waals surface area (Å²) in [7, 11) is 1.63. The maximum atomic E-state index is 11.5. The Morgan fingerprint density at radius 2 is 2.00 bits per heavy atom. The average Bonchev–Trinajstić information content (AvgIpc) is 2.62. The third-order valence-corrected chi connectivity index (χ3v) is 3.51. The fourth-order valence-corrected chi connectivity index (χ4v) is 2.19. The maximum absolute atomic E-state index is 11.5. The van der Waals surface area contributed by atoms with E-state index in [-0.39, 0.29) is 12.4 Å². The van der Waals surface area contributed by atoms with Crippen molar-refractivity contribution >= 4 is 23.5 Å². The van der Waals surface area contributed by atoms with Gasteiger partial charge in [-0.3, -0.25) is 5.32 Å². The second kappa shape index (κ2) is 8.72. The van der Waals surface area contributed by atoms with Gasteiger partial charge in [0.15, 0.2) is 5.82 Å². The Morgan fingerprint density at radius 3 is 2.56 bits per heavy atom. The first kappa shape index (κ1) is 18.3. The van der Waals surface area contributed by atoms with E-state index >= 15 is 0 Å². The molecule has 0 aliphatic heterocycles. The molecule has 1 aromatic heterocycles. The number of benzene rings is 1. The molecule has 0 unspecified atom stereocenters. The van der Waals surface area contributed by atoms with Crippen molar-refractivity contribution in [3.8, 4) is 5.75 Å². The summed E-state index contributed by atoms with van der Waals surface area (Å²) in [5.41, 5.74) is 7.34. The van der Waals surface area contributed by atoms with E-state index in [9.17, 15) is 4.79 Å². The zero-order valence-corrected chi connectivity index (χ0v) is 14.7. The third kappa shape index (κ3) is 4.97. The predicted octanol–water partition coefficient (Wildman–Crippen LogP) is 2.66. The summed E-state index contributed by atoms with van der Waals surface area (Å²) in [4.78, 5) is 22.0. The van der Waals surface area contributed by atoms with Crippen LogP contribution in [0.3, 0.4) is 0 Å². The van der Waals surface area contributed by atoms with Crippen LogP contribution >= 0.6 is 0 Å². The highest BCUT2D eigenvalue weighted by molar-refractivity contribution is 5.87. The Kier molecular flexibility index (Phi) is 6.39. The molecule has 3 N–H and O–H groups in total. The van der Waals surface area contributed by atoms with Gasteiger partial charge in [-0.05, 0) is 31.5 Å². The van der Waals surface area contributed by atoms with E-state index in [1.54, 1.807) is 14.0 Å². The molecule has 134 valence electrons. The summed E-state index contributed by atoms with van der Waals surface area (Å²) < 4.78 is 9.98. The van der Waals surface area contributed by atoms with Gasteiger partial charge >= 0.3 is 6.09 Å². The summed E-state index contributed by atoms with van der Waals surface area (Å²) >= 11 is 0. The van der Waals surface area contributed by atoms with Gasteiger partial charge < -0.3 is 20.1 Å². The molecular formula is C17H23N5O3. The number of rotatable bonds is 7. The van der Waals surface area contributed by atoms with Gasteiger partial charge in [-0.15, -0.1) is 0 Å². The van der Waals surface area contributed by atoms with E-state index in [0.717, 1.165) is 11.3 Å². The average molecular weight is 345 g/mol. The fraction of sp³-hybridized carbons (Fsp3) is 0.353. The second-order valence-electron chi connectivity index (χ2n) is 5.18. The quantitative estimate of drug-likeness (QED) is 0.795. The Bertz CT molecular complexity index is 706. The highest BCUT2D eigenvalue weighted by Gasteiger charge is 2.13. The minimum Gasteiger partial charge on any atom is -0.497 e. The minimum atomic E-state index is -0.587. The first-order valence-electron chi connectivity index (χ1n) is 8.01. The predicted molar refractivity (Wildman–Crippen MR) is 96.8 cm³/mol. The van der Waals surface area contributed by atoms with E-state index in [2.05, 4.69) is 15.3 Å². The molecule has 1 heterocycles. The minimum absolute atomic E-state index is 0.186. The van der Waals surface area contributed by atoms with Crippen molar-refractivity contribution < 1.29 is 14.3 Å². The van der Waals surface area contributed by atoms with E-state index in [4.69, 9.17) is 15.2 Å². The first-order chi connectivity index (χ1) is 12.1. The fourth-order valence-electron chi connectivity index (χ4n) is 2.19. The molecule has 8 heteroatoms. The van der Waals surface area contributed by atoms with Crippen molar-refractivity contribution in [2.24, 2.45) is 0 Å². The van der Waals surface area contributed by atoms with Crippen LogP contribution in [-0.4, -0.2) is 36.3 Å². The molecule has 1 aromatic carbocycles. The van der Waals surface area contributed by atoms with E-state index in [1.807, 2.05) is 36.1 Å². The zero-order valence-electron chi connectivity index (χ0n) is 14.7. The third-order valence-electron chi connectivity index (χ3n) is 3.51. The number of amides is 1. The summed E-state index contributed by atoms with van der Waals surface area (Å²) in [5, 5.41) is 2.51. The molecule has 0 saturated carbocycles. The molecule has 0 atom stereocenters. The number of hydrogen-bond donors (Lipinski definition) is 2. The summed E-state index contributed by atoms with van der Waals surface area (Å²) in [6.07, 6.45) is 0.891. The van der Waals surface area contributed by atoms with E-state index in [1.165, 1.54) is 6.20 Å². The normalized spacial score (nSPS) is 10.2. The molecule has 0 radical (unpaired) electrons. The molecule has 0 bridgehead atoms. The second-order valence-corrected chi connectivity index (χ2v) is 5.18. The SMILES string of the molecule is CCOC(=O)Nc1cnc(N(CC)Cc2ccc(OC)cc2)nc1N. The lowest BCUT2D eigenvalue weighted by Crippen LogP contribution is -2.25. The Balaban J connectivity index is 2.11. The van der Waals surface area contributed by atoms with Crippen LogP contribution in [0.1, 0.15) is 19.4 Å². The molecule has 8 nitrogen and oxygen atoms in total. The summed E-state index contributed by atoms with van der Waals surface area (Å²) in [6, 6.07) is 7.79. The van der Waals surface area contributed by atoms with E-state index in [0.29, 0.717) is 24.7 Å². The highest BCUT2D eigenvalue weighted by atomic mass is 16.5. The number of carbonyl (C=O) groups excluding carboxylic acids is 1. The van der Waals surface area contributed by atoms with Gasteiger partial charge in [0.2, 0.25) is 5.95 Å². The molecule has 0 fully saturated rings. The molecule has 1 amide bonds. The van der Waals surface area contributed by atoms with Crippen molar-refractivity contribution in [1.29, 1.82) is 0 Å². The Labute approximate surface area is 147 Å². The molecule has 0 aliphatic rings. The van der Waals surface area contributed by atoms with Crippen molar-refractivity contribution in [2.45, 2.75) is 20.4 Å². The van der Waals surface area contributed by atoms with Gasteiger partial charge in [-0.1, -0.05) is 12.1 Å². The largest absolute Gasteiger partial charge is 0.497 e. The van der Waals surface area contributed by atoms with Gasteiger partial charge in [0.05, 0.1) is 19.9 Å². The van der Waals surface area contributed by atoms with Gasteiger partial charge in [-0.2, -0.15) is 4.98 Å². The van der Waals surface area contributed by atoms with Crippen molar-refractivity contribution in [3.05, 3.63) is 36.0 Å². The van der Waals surface area contributed by atoms with Crippen molar-refractivity contribution in [3.63, 3.8) is 0 Å². The maximum Gasteiger partial charge on any atom is 0.411 e. The lowest BCUT2D eigenvalue weighted by molar-refractivity contribution is 0.168. The Morgan fingerprint density at radius 1 is 1.28 bits per heavy atom. The summed E-state index contributed by atoms with van der Waals surface area (Å²) in [6.45, 7) is 5.34. The number of methoxy groups -OCH3 is 1. The number of nitrogens with one attached hydrogen (secondary N) is 1.